The van der Waals surface area contributed by atoms with Crippen LogP contribution in [0.1, 0.15) is 27.6 Å². The number of amides is 1. The Kier molecular flexibility index (Phi) is 8.35. The van der Waals surface area contributed by atoms with Crippen molar-refractivity contribution in [1.29, 1.82) is 0 Å². The van der Waals surface area contributed by atoms with Crippen LogP contribution < -0.4 is 5.32 Å². The first kappa shape index (κ1) is 26.0. The Morgan fingerprint density at radius 3 is 2.06 bits per heavy atom. The first-order chi connectivity index (χ1) is 16.6. The van der Waals surface area contributed by atoms with Crippen LogP contribution in [0.2, 0.25) is 15.1 Å². The first-order valence-electron chi connectivity index (χ1n) is 10.1. The predicted octanol–water partition coefficient (Wildman–Crippen LogP) is 7.51. The summed E-state index contributed by atoms with van der Waals surface area (Å²) in [5.74, 6) is -2.65. The number of carbonyl (C=O) groups is 3. The zero-order valence-electron chi connectivity index (χ0n) is 18.2. The maximum absolute atomic E-state index is 13.1. The molecule has 0 heterocycles. The predicted molar refractivity (Wildman–Crippen MR) is 139 cm³/mol. The van der Waals surface area contributed by atoms with E-state index >= 15 is 0 Å². The van der Waals surface area contributed by atoms with Gasteiger partial charge in [-0.05, 0) is 29.1 Å². The fraction of sp³-hybridized carbons (Fsp3) is 0.0385. The highest BCUT2D eigenvalue weighted by atomic mass is 35.5. The molecule has 4 aromatic carbocycles. The zero-order chi connectivity index (χ0) is 25.7. The van der Waals surface area contributed by atoms with Crippen molar-refractivity contribution in [3.05, 3.63) is 99.0 Å². The van der Waals surface area contributed by atoms with Crippen LogP contribution in [0.3, 0.4) is 0 Å². The average Bonchev–Trinajstić information content (AvgIpc) is 2.82. The molecule has 0 aliphatic heterocycles. The minimum atomic E-state index is -1.26. The lowest BCUT2D eigenvalue weighted by Crippen LogP contribution is -2.17. The molecule has 0 saturated carbocycles. The molecule has 0 unspecified atom stereocenters. The largest absolute Gasteiger partial charge is 0.481 e. The van der Waals surface area contributed by atoms with Crippen LogP contribution in [0.5, 0.6) is 0 Å². The van der Waals surface area contributed by atoms with Gasteiger partial charge in [0.05, 0.1) is 26.2 Å². The summed E-state index contributed by atoms with van der Waals surface area (Å²) in [5.41, 5.74) is 1.04. The molecule has 6 nitrogen and oxygen atoms in total. The van der Waals surface area contributed by atoms with Crippen molar-refractivity contribution < 1.29 is 24.6 Å². The molecule has 0 aromatic heterocycles. The van der Waals surface area contributed by atoms with Crippen molar-refractivity contribution in [3.8, 4) is 11.1 Å². The van der Waals surface area contributed by atoms with Crippen LogP contribution in [0.4, 0.5) is 5.69 Å². The molecule has 4 aromatic rings. The Morgan fingerprint density at radius 2 is 1.37 bits per heavy atom. The van der Waals surface area contributed by atoms with E-state index in [1.54, 1.807) is 24.3 Å². The molecule has 35 heavy (non-hydrogen) atoms. The second kappa shape index (κ2) is 11.2. The van der Waals surface area contributed by atoms with Gasteiger partial charge in [0, 0.05) is 23.6 Å². The number of hydrogen-bond acceptors (Lipinski definition) is 3. The average molecular weight is 531 g/mol. The third-order valence-electron chi connectivity index (χ3n) is 4.89. The van der Waals surface area contributed by atoms with E-state index < -0.39 is 17.8 Å². The standard InChI is InChI=1S/C24H14Cl3NO3.C2H4O2/c25-18-12-11-16(21(26)22(18)27)15-8-4-9-17(20(15)24(30)31)23(29)28-19-10-3-6-13-5-1-2-7-14(13)19;1-2(3)4/h1-12H,(H,28,29)(H,30,31);1H3,(H,3,4). The SMILES string of the molecule is CC(=O)O.O=C(Nc1cccc2ccccc12)c1cccc(-c2ccc(Cl)c(Cl)c2Cl)c1C(=O)O. The van der Waals surface area contributed by atoms with Crippen LogP contribution in [0.25, 0.3) is 21.9 Å². The molecule has 0 saturated heterocycles. The number of fused-ring (bicyclic) bond motifs is 1. The lowest BCUT2D eigenvalue weighted by molar-refractivity contribution is -0.134. The van der Waals surface area contributed by atoms with E-state index in [4.69, 9.17) is 44.7 Å². The minimum absolute atomic E-state index is 0.0000679. The fourth-order valence-electron chi connectivity index (χ4n) is 3.45. The number of nitrogens with one attached hydrogen (secondary N) is 1. The molecular formula is C26H18Cl3NO5. The summed E-state index contributed by atoms with van der Waals surface area (Å²) in [6.07, 6.45) is 0. The van der Waals surface area contributed by atoms with Crippen LogP contribution in [0, 0.1) is 0 Å². The molecule has 0 aliphatic carbocycles. The molecule has 0 spiro atoms. The molecular weight excluding hydrogens is 513 g/mol. The number of carbonyl (C=O) groups excluding carboxylic acids is 1. The molecule has 3 N–H and O–H groups in total. The third-order valence-corrected chi connectivity index (χ3v) is 6.18. The molecule has 1 amide bonds. The number of rotatable bonds is 4. The number of halogens is 3. The smallest absolute Gasteiger partial charge is 0.337 e. The van der Waals surface area contributed by atoms with Gasteiger partial charge in [-0.25, -0.2) is 4.79 Å². The number of aromatic carboxylic acids is 1. The molecule has 0 aliphatic rings. The van der Waals surface area contributed by atoms with Gasteiger partial charge in [0.25, 0.3) is 11.9 Å². The van der Waals surface area contributed by atoms with Gasteiger partial charge in [0.2, 0.25) is 0 Å². The van der Waals surface area contributed by atoms with Gasteiger partial charge in [0.1, 0.15) is 0 Å². The van der Waals surface area contributed by atoms with Crippen molar-refractivity contribution in [2.45, 2.75) is 6.92 Å². The molecule has 4 rings (SSSR count). The van der Waals surface area contributed by atoms with E-state index in [-0.39, 0.29) is 31.8 Å². The maximum Gasteiger partial charge on any atom is 0.337 e. The highest BCUT2D eigenvalue weighted by Gasteiger charge is 2.23. The summed E-state index contributed by atoms with van der Waals surface area (Å²) in [5, 5.41) is 22.4. The number of hydrogen-bond donors (Lipinski definition) is 3. The van der Waals surface area contributed by atoms with E-state index in [1.165, 1.54) is 12.1 Å². The van der Waals surface area contributed by atoms with Gasteiger partial charge >= 0.3 is 5.97 Å². The Morgan fingerprint density at radius 1 is 0.743 bits per heavy atom. The summed E-state index contributed by atoms with van der Waals surface area (Å²) in [6.45, 7) is 1.08. The number of carboxylic acids is 2. The van der Waals surface area contributed by atoms with E-state index in [2.05, 4.69) is 5.32 Å². The third kappa shape index (κ3) is 5.92. The summed E-state index contributed by atoms with van der Waals surface area (Å²) in [7, 11) is 0. The molecule has 0 fully saturated rings. The van der Waals surface area contributed by atoms with Gasteiger partial charge in [-0.15, -0.1) is 0 Å². The second-order valence-corrected chi connectivity index (χ2v) is 8.42. The maximum atomic E-state index is 13.1. The Labute approximate surface area is 215 Å². The molecule has 0 atom stereocenters. The van der Waals surface area contributed by atoms with Gasteiger partial charge in [-0.3, -0.25) is 9.59 Å². The summed E-state index contributed by atoms with van der Waals surface area (Å²) < 4.78 is 0. The number of carboxylic acid groups (broad SMARTS) is 2. The Balaban J connectivity index is 0.000000795. The normalized spacial score (nSPS) is 10.3. The molecule has 178 valence electrons. The van der Waals surface area contributed by atoms with Crippen LogP contribution in [-0.2, 0) is 4.79 Å². The van der Waals surface area contributed by atoms with Gasteiger partial charge in [-0.2, -0.15) is 0 Å². The van der Waals surface area contributed by atoms with Gasteiger partial charge in [0.15, 0.2) is 0 Å². The first-order valence-corrected chi connectivity index (χ1v) is 11.2. The second-order valence-electron chi connectivity index (χ2n) is 7.26. The summed E-state index contributed by atoms with van der Waals surface area (Å²) >= 11 is 18.5. The van der Waals surface area contributed by atoms with Crippen molar-refractivity contribution in [1.82, 2.24) is 0 Å². The Hall–Kier alpha value is -3.58. The summed E-state index contributed by atoms with van der Waals surface area (Å²) in [4.78, 5) is 34.3. The monoisotopic (exact) mass is 529 g/mol. The van der Waals surface area contributed by atoms with Crippen molar-refractivity contribution in [2.24, 2.45) is 0 Å². The quantitative estimate of drug-likeness (QED) is 0.237. The van der Waals surface area contributed by atoms with Gasteiger partial charge < -0.3 is 15.5 Å². The summed E-state index contributed by atoms with van der Waals surface area (Å²) in [6, 6.07) is 20.8. The van der Waals surface area contributed by atoms with Crippen LogP contribution in [-0.4, -0.2) is 28.1 Å². The lowest BCUT2D eigenvalue weighted by Gasteiger charge is -2.15. The van der Waals surface area contributed by atoms with E-state index in [0.717, 1.165) is 17.7 Å². The molecule has 9 heteroatoms. The van der Waals surface area contributed by atoms with Crippen molar-refractivity contribution >= 4 is 69.1 Å². The minimum Gasteiger partial charge on any atom is -0.481 e. The zero-order valence-corrected chi connectivity index (χ0v) is 20.4. The van der Waals surface area contributed by atoms with Crippen LogP contribution in [0.15, 0.2) is 72.8 Å². The van der Waals surface area contributed by atoms with Crippen molar-refractivity contribution in [2.75, 3.05) is 5.32 Å². The number of anilines is 1. The highest BCUT2D eigenvalue weighted by molar-refractivity contribution is 6.49. The van der Waals surface area contributed by atoms with E-state index in [0.29, 0.717) is 11.3 Å². The molecule has 0 radical (unpaired) electrons. The topological polar surface area (TPSA) is 104 Å². The van der Waals surface area contributed by atoms with Crippen LogP contribution >= 0.6 is 34.8 Å². The Bertz CT molecular complexity index is 1440. The van der Waals surface area contributed by atoms with Gasteiger partial charge in [-0.1, -0.05) is 89.4 Å². The fourth-order valence-corrected chi connectivity index (χ4v) is 4.09. The lowest BCUT2D eigenvalue weighted by atomic mass is 9.94. The number of aliphatic carboxylic acids is 1. The highest BCUT2D eigenvalue weighted by Crippen LogP contribution is 2.40. The number of benzene rings is 4. The molecule has 0 bridgehead atoms. The van der Waals surface area contributed by atoms with Crippen molar-refractivity contribution in [3.63, 3.8) is 0 Å². The van der Waals surface area contributed by atoms with E-state index in [1.807, 2.05) is 36.4 Å². The van der Waals surface area contributed by atoms with E-state index in [9.17, 15) is 14.7 Å².